The highest BCUT2D eigenvalue weighted by Gasteiger charge is 2.37. The van der Waals surface area contributed by atoms with Crippen molar-refractivity contribution < 1.29 is 13.2 Å². The van der Waals surface area contributed by atoms with Crippen LogP contribution in [-0.4, -0.2) is 73.2 Å². The Morgan fingerprint density at radius 2 is 1.55 bits per heavy atom. The second-order valence-electron chi connectivity index (χ2n) is 9.56. The van der Waals surface area contributed by atoms with Gasteiger partial charge in [-0.05, 0) is 61.9 Å². The van der Waals surface area contributed by atoms with Crippen LogP contribution in [0.25, 0.3) is 0 Å². The maximum atomic E-state index is 13.5. The summed E-state index contributed by atoms with van der Waals surface area (Å²) in [6.07, 6.45) is 6.25. The summed E-state index contributed by atoms with van der Waals surface area (Å²) in [4.78, 5) is 18.3. The minimum atomic E-state index is -3.49. The summed E-state index contributed by atoms with van der Waals surface area (Å²) >= 11 is 0. The van der Waals surface area contributed by atoms with Crippen molar-refractivity contribution in [1.82, 2.24) is 14.1 Å². The number of piperazine rings is 1. The highest BCUT2D eigenvalue weighted by molar-refractivity contribution is 7.89. The van der Waals surface area contributed by atoms with Gasteiger partial charge in [-0.15, -0.1) is 0 Å². The first-order valence-corrected chi connectivity index (χ1v) is 13.7. The van der Waals surface area contributed by atoms with Gasteiger partial charge in [0.25, 0.3) is 5.91 Å². The van der Waals surface area contributed by atoms with Crippen molar-refractivity contribution in [3.63, 3.8) is 0 Å². The van der Waals surface area contributed by atoms with E-state index in [1.54, 1.807) is 28.6 Å². The van der Waals surface area contributed by atoms with Crippen LogP contribution in [0.3, 0.4) is 0 Å². The molecule has 1 saturated carbocycles. The van der Waals surface area contributed by atoms with Gasteiger partial charge in [-0.2, -0.15) is 4.31 Å². The number of piperidine rings is 1. The molecule has 2 saturated heterocycles. The average molecular weight is 468 g/mol. The van der Waals surface area contributed by atoms with Crippen molar-refractivity contribution in [1.29, 1.82) is 0 Å². The first-order chi connectivity index (χ1) is 16.0. The van der Waals surface area contributed by atoms with Crippen LogP contribution in [0.4, 0.5) is 0 Å². The molecule has 1 unspecified atom stereocenters. The molecule has 1 atom stereocenters. The lowest BCUT2D eigenvalue weighted by atomic mass is 10.0. The second-order valence-corrected chi connectivity index (χ2v) is 11.5. The molecule has 3 aliphatic rings. The fourth-order valence-electron chi connectivity index (χ4n) is 5.17. The molecule has 0 bridgehead atoms. The third-order valence-electron chi connectivity index (χ3n) is 7.21. The van der Waals surface area contributed by atoms with Gasteiger partial charge in [0, 0.05) is 50.4 Å². The smallest absolute Gasteiger partial charge is 0.254 e. The fraction of sp³-hybridized carbons (Fsp3) is 0.500. The molecule has 0 spiro atoms. The number of nitrogens with zero attached hydrogens (tertiary/aromatic N) is 3. The van der Waals surface area contributed by atoms with E-state index < -0.39 is 10.0 Å². The molecule has 0 N–H and O–H groups in total. The normalized spacial score (nSPS) is 22.9. The number of amides is 1. The summed E-state index contributed by atoms with van der Waals surface area (Å²) in [6, 6.07) is 17.7. The van der Waals surface area contributed by atoms with Crippen LogP contribution in [0.5, 0.6) is 0 Å². The maximum absolute atomic E-state index is 13.5. The lowest BCUT2D eigenvalue weighted by molar-refractivity contribution is 0.0437. The van der Waals surface area contributed by atoms with Gasteiger partial charge in [-0.3, -0.25) is 9.69 Å². The van der Waals surface area contributed by atoms with Crippen LogP contribution < -0.4 is 0 Å². The molecule has 2 aromatic rings. The molecule has 176 valence electrons. The topological polar surface area (TPSA) is 60.9 Å². The van der Waals surface area contributed by atoms with Gasteiger partial charge in [0.2, 0.25) is 10.0 Å². The number of carbonyl (C=O) groups is 1. The Labute approximate surface area is 197 Å². The molecule has 3 fully saturated rings. The molecule has 2 aliphatic heterocycles. The van der Waals surface area contributed by atoms with Crippen LogP contribution in [0.15, 0.2) is 59.5 Å². The molecule has 0 radical (unpaired) electrons. The van der Waals surface area contributed by atoms with Crippen molar-refractivity contribution in [3.8, 4) is 0 Å². The minimum absolute atomic E-state index is 0.00621. The van der Waals surface area contributed by atoms with E-state index in [9.17, 15) is 13.2 Å². The molecule has 2 aromatic carbocycles. The number of hydrogen-bond acceptors (Lipinski definition) is 4. The zero-order chi connectivity index (χ0) is 22.8. The molecule has 7 heteroatoms. The first-order valence-electron chi connectivity index (χ1n) is 12.2. The quantitative estimate of drug-likeness (QED) is 0.653. The molecule has 1 aliphatic carbocycles. The van der Waals surface area contributed by atoms with Crippen LogP contribution in [0.1, 0.15) is 48.0 Å². The second kappa shape index (κ2) is 9.57. The zero-order valence-corrected chi connectivity index (χ0v) is 19.9. The molecule has 0 aromatic heterocycles. The molecular formula is C26H33N3O3S. The van der Waals surface area contributed by atoms with Crippen LogP contribution in [-0.2, 0) is 16.4 Å². The van der Waals surface area contributed by atoms with Crippen molar-refractivity contribution >= 4 is 15.9 Å². The SMILES string of the molecule is O=C(c1ccc(S(=O)(=O)N2CCCCC2)cc1)N1CCN(C2CC2)CC1Cc1ccccc1. The van der Waals surface area contributed by atoms with Crippen LogP contribution >= 0.6 is 0 Å². The average Bonchev–Trinajstić information content (AvgIpc) is 3.71. The third kappa shape index (κ3) is 5.00. The monoisotopic (exact) mass is 467 g/mol. The summed E-state index contributed by atoms with van der Waals surface area (Å²) < 4.78 is 27.5. The highest BCUT2D eigenvalue weighted by Crippen LogP contribution is 2.30. The van der Waals surface area contributed by atoms with Crippen LogP contribution in [0.2, 0.25) is 0 Å². The Hall–Kier alpha value is -2.22. The Balaban J connectivity index is 1.33. The van der Waals surface area contributed by atoms with Crippen LogP contribution in [0, 0.1) is 0 Å². The Morgan fingerprint density at radius 3 is 2.21 bits per heavy atom. The number of rotatable bonds is 6. The standard InChI is InChI=1S/C26H33N3O3S/c30-26(22-9-13-25(14-10-22)33(31,32)28-15-5-2-6-16-28)29-18-17-27(23-11-12-23)20-24(29)19-21-7-3-1-4-8-21/h1,3-4,7-10,13-14,23-24H,2,5-6,11-12,15-20H2. The number of benzene rings is 2. The predicted octanol–water partition coefficient (Wildman–Crippen LogP) is 3.39. The molecule has 5 rings (SSSR count). The van der Waals surface area contributed by atoms with Gasteiger partial charge < -0.3 is 4.90 Å². The fourth-order valence-corrected chi connectivity index (χ4v) is 6.69. The zero-order valence-electron chi connectivity index (χ0n) is 19.1. The summed E-state index contributed by atoms with van der Waals surface area (Å²) in [5.41, 5.74) is 1.80. The van der Waals surface area contributed by atoms with Crippen molar-refractivity contribution in [2.75, 3.05) is 32.7 Å². The highest BCUT2D eigenvalue weighted by atomic mass is 32.2. The predicted molar refractivity (Wildman–Crippen MR) is 129 cm³/mol. The van der Waals surface area contributed by atoms with Gasteiger partial charge >= 0.3 is 0 Å². The largest absolute Gasteiger partial charge is 0.333 e. The lowest BCUT2D eigenvalue weighted by Crippen LogP contribution is -2.56. The lowest BCUT2D eigenvalue weighted by Gasteiger charge is -2.42. The van der Waals surface area contributed by atoms with E-state index in [1.165, 1.54) is 18.4 Å². The van der Waals surface area contributed by atoms with E-state index in [2.05, 4.69) is 17.0 Å². The van der Waals surface area contributed by atoms with Gasteiger partial charge in [0.1, 0.15) is 0 Å². The summed E-state index contributed by atoms with van der Waals surface area (Å²) in [6.45, 7) is 3.67. The molecule has 6 nitrogen and oxygen atoms in total. The van der Waals surface area contributed by atoms with Crippen molar-refractivity contribution in [2.24, 2.45) is 0 Å². The summed E-state index contributed by atoms with van der Waals surface area (Å²) in [5.74, 6) is -0.00621. The molecule has 2 heterocycles. The van der Waals surface area contributed by atoms with Crippen molar-refractivity contribution in [3.05, 3.63) is 65.7 Å². The summed E-state index contributed by atoms with van der Waals surface area (Å²) in [7, 11) is -3.49. The Kier molecular flexibility index (Phi) is 6.54. The minimum Gasteiger partial charge on any atom is -0.333 e. The van der Waals surface area contributed by atoms with E-state index in [4.69, 9.17) is 0 Å². The molecular weight excluding hydrogens is 434 g/mol. The molecule has 1 amide bonds. The van der Waals surface area contributed by atoms with E-state index in [-0.39, 0.29) is 16.8 Å². The summed E-state index contributed by atoms with van der Waals surface area (Å²) in [5, 5.41) is 0. The third-order valence-corrected chi connectivity index (χ3v) is 9.12. The van der Waals surface area contributed by atoms with Crippen molar-refractivity contribution in [2.45, 2.75) is 55.5 Å². The Bertz CT molecular complexity index is 1060. The van der Waals surface area contributed by atoms with E-state index in [0.29, 0.717) is 31.2 Å². The van der Waals surface area contributed by atoms with E-state index >= 15 is 0 Å². The van der Waals surface area contributed by atoms with Gasteiger partial charge in [-0.1, -0.05) is 36.8 Å². The maximum Gasteiger partial charge on any atom is 0.254 e. The van der Waals surface area contributed by atoms with Gasteiger partial charge in [0.05, 0.1) is 4.90 Å². The van der Waals surface area contributed by atoms with E-state index in [0.717, 1.165) is 38.8 Å². The molecule has 33 heavy (non-hydrogen) atoms. The van der Waals surface area contributed by atoms with Gasteiger partial charge in [0.15, 0.2) is 0 Å². The number of sulfonamides is 1. The Morgan fingerprint density at radius 1 is 0.848 bits per heavy atom. The first kappa shape index (κ1) is 22.6. The van der Waals surface area contributed by atoms with Gasteiger partial charge in [-0.25, -0.2) is 8.42 Å². The number of carbonyl (C=O) groups excluding carboxylic acids is 1. The number of hydrogen-bond donors (Lipinski definition) is 0. The van der Waals surface area contributed by atoms with E-state index in [1.807, 2.05) is 23.1 Å².